The van der Waals surface area contributed by atoms with Crippen LogP contribution in [0.25, 0.3) is 0 Å². The lowest BCUT2D eigenvalue weighted by atomic mass is 10.1. The van der Waals surface area contributed by atoms with Gasteiger partial charge in [0.1, 0.15) is 23.9 Å². The lowest BCUT2D eigenvalue weighted by Crippen LogP contribution is -2.42. The molecule has 0 saturated heterocycles. The Balaban J connectivity index is 0.00000112. The van der Waals surface area contributed by atoms with Gasteiger partial charge in [-0.1, -0.05) is 52.0 Å². The summed E-state index contributed by atoms with van der Waals surface area (Å²) in [6, 6.07) is 15.5. The molecule has 17 nitrogen and oxygen atoms in total. The maximum atomic E-state index is 12.1. The van der Waals surface area contributed by atoms with Crippen LogP contribution < -0.4 is 26.0 Å². The molecule has 17 heteroatoms. The van der Waals surface area contributed by atoms with Crippen molar-refractivity contribution >= 4 is 58.4 Å². The average molecular weight is 810 g/mol. The highest BCUT2D eigenvalue weighted by atomic mass is 16.7. The van der Waals surface area contributed by atoms with E-state index in [9.17, 15) is 43.7 Å². The number of anilines is 2. The van der Waals surface area contributed by atoms with Gasteiger partial charge >= 0.3 is 18.2 Å². The first kappa shape index (κ1) is 51.5. The number of non-ortho nitro benzene ring substituents is 1. The molecule has 0 aliphatic heterocycles. The molecule has 2 atom stereocenters. The summed E-state index contributed by atoms with van der Waals surface area (Å²) < 4.78 is 9.94. The first-order valence-corrected chi connectivity index (χ1v) is 18.6. The monoisotopic (exact) mass is 809 g/mol. The number of ether oxygens (including phenoxy) is 2. The predicted octanol–water partition coefficient (Wildman–Crippen LogP) is 7.44. The van der Waals surface area contributed by atoms with Crippen LogP contribution in [0.15, 0.2) is 72.8 Å². The third kappa shape index (κ3) is 22.2. The van der Waals surface area contributed by atoms with Crippen LogP contribution in [0, 0.1) is 10.1 Å². The summed E-state index contributed by atoms with van der Waals surface area (Å²) in [5.74, 6) is -0.439. The predicted molar refractivity (Wildman–Crippen MR) is 218 cm³/mol. The molecule has 0 saturated carbocycles. The lowest BCUT2D eigenvalue weighted by Gasteiger charge is -2.16. The highest BCUT2D eigenvalue weighted by molar-refractivity contribution is 5.94. The molecule has 0 bridgehead atoms. The molecule has 0 radical (unpaired) electrons. The van der Waals surface area contributed by atoms with E-state index in [0.29, 0.717) is 23.4 Å². The number of urea groups is 2. The molecule has 0 aliphatic rings. The highest BCUT2D eigenvalue weighted by Gasteiger charge is 2.19. The topological polar surface area (TPSA) is 249 Å². The summed E-state index contributed by atoms with van der Waals surface area (Å²) >= 11 is 0. The Labute approximate surface area is 338 Å². The molecule has 5 N–H and O–H groups in total. The number of nitro benzene ring substituents is 1. The Bertz CT molecular complexity index is 1780. The molecule has 58 heavy (non-hydrogen) atoms. The molecule has 316 valence electrons. The van der Waals surface area contributed by atoms with Crippen molar-refractivity contribution < 1.29 is 53.1 Å². The summed E-state index contributed by atoms with van der Waals surface area (Å²) in [6.45, 7) is 13.4. The van der Waals surface area contributed by atoms with Crippen LogP contribution in [0.5, 0.6) is 5.75 Å². The van der Waals surface area contributed by atoms with Crippen molar-refractivity contribution in [3.05, 3.63) is 94.0 Å². The second-order valence-electron chi connectivity index (χ2n) is 11.9. The quantitative estimate of drug-likeness (QED) is 0.0386. The fraction of sp³-hybridized carbons (Fsp3) is 0.390. The molecular formula is C41H55N5O12. The second-order valence-corrected chi connectivity index (χ2v) is 11.9. The van der Waals surface area contributed by atoms with Gasteiger partial charge in [-0.25, -0.2) is 14.4 Å². The van der Waals surface area contributed by atoms with Gasteiger partial charge in [0.2, 0.25) is 0 Å². The summed E-state index contributed by atoms with van der Waals surface area (Å²) in [5.41, 5.74) is 2.22. The number of amides is 4. The van der Waals surface area contributed by atoms with Gasteiger partial charge in [-0.3, -0.25) is 19.7 Å². The van der Waals surface area contributed by atoms with Gasteiger partial charge in [-0.05, 0) is 88.1 Å². The maximum absolute atomic E-state index is 12.1. The molecule has 0 aliphatic carbocycles. The van der Waals surface area contributed by atoms with Crippen molar-refractivity contribution in [1.82, 2.24) is 10.6 Å². The number of ketones is 4. The summed E-state index contributed by atoms with van der Waals surface area (Å²) in [7, 11) is 0. The molecule has 3 rings (SSSR count). The molecule has 3 aromatic carbocycles. The summed E-state index contributed by atoms with van der Waals surface area (Å²) in [6.07, 6.45) is -0.0285. The van der Waals surface area contributed by atoms with Gasteiger partial charge in [0, 0.05) is 36.3 Å². The van der Waals surface area contributed by atoms with Crippen molar-refractivity contribution in [3.63, 3.8) is 0 Å². The number of benzene rings is 3. The van der Waals surface area contributed by atoms with E-state index in [0.717, 1.165) is 5.56 Å². The number of carbonyl (C=O) groups is 7. The SMILES string of the molecule is CC.CC.CC(=O)CCC(NC(=O)Nc1ccc(CO)cc1)C(C)=O.CC(=O)CCC(NC(=O)Nc1ccc(COC(=O)Oc2ccc([N+](=O)[O-])cc2)cc1)C(C)=O. The number of rotatable bonds is 17. The number of nitrogens with zero attached hydrogens (tertiary/aromatic N) is 1. The van der Waals surface area contributed by atoms with Crippen LogP contribution in [-0.2, 0) is 37.1 Å². The largest absolute Gasteiger partial charge is 0.514 e. The van der Waals surface area contributed by atoms with Gasteiger partial charge in [0.05, 0.1) is 23.6 Å². The average Bonchev–Trinajstić information content (AvgIpc) is 3.19. The Morgan fingerprint density at radius 3 is 1.38 bits per heavy atom. The van der Waals surface area contributed by atoms with Gasteiger partial charge in [-0.2, -0.15) is 0 Å². The van der Waals surface area contributed by atoms with E-state index in [-0.39, 0.29) is 67.0 Å². The van der Waals surface area contributed by atoms with Crippen molar-refractivity contribution in [2.24, 2.45) is 0 Å². The molecule has 0 spiro atoms. The zero-order chi connectivity index (χ0) is 44.2. The van der Waals surface area contributed by atoms with Crippen molar-refractivity contribution in [2.45, 2.75) is 106 Å². The van der Waals surface area contributed by atoms with Crippen LogP contribution in [0.3, 0.4) is 0 Å². The van der Waals surface area contributed by atoms with Crippen LogP contribution >= 0.6 is 0 Å². The number of aliphatic hydroxyl groups is 1. The van der Waals surface area contributed by atoms with E-state index in [1.54, 1.807) is 48.5 Å². The van der Waals surface area contributed by atoms with E-state index in [1.165, 1.54) is 52.0 Å². The van der Waals surface area contributed by atoms with E-state index >= 15 is 0 Å². The third-order valence-electron chi connectivity index (χ3n) is 7.37. The van der Waals surface area contributed by atoms with Gasteiger partial charge in [0.25, 0.3) is 5.69 Å². The highest BCUT2D eigenvalue weighted by Crippen LogP contribution is 2.18. The Hall–Kier alpha value is -6.49. The molecule has 4 amide bonds. The van der Waals surface area contributed by atoms with E-state index < -0.39 is 35.2 Å². The minimum Gasteiger partial charge on any atom is -0.429 e. The Morgan fingerprint density at radius 1 is 0.638 bits per heavy atom. The number of hydrogen-bond acceptors (Lipinski definition) is 12. The fourth-order valence-electron chi connectivity index (χ4n) is 4.38. The van der Waals surface area contributed by atoms with E-state index in [1.807, 2.05) is 27.7 Å². The minimum atomic E-state index is -0.980. The fourth-order valence-corrected chi connectivity index (χ4v) is 4.38. The van der Waals surface area contributed by atoms with Crippen molar-refractivity contribution in [3.8, 4) is 5.75 Å². The second kappa shape index (κ2) is 28.9. The Morgan fingerprint density at radius 2 is 1.03 bits per heavy atom. The van der Waals surface area contributed by atoms with Crippen LogP contribution in [0.1, 0.15) is 92.2 Å². The molecule has 3 aromatic rings. The van der Waals surface area contributed by atoms with E-state index in [2.05, 4.69) is 21.3 Å². The Kier molecular flexibility index (Phi) is 25.6. The maximum Gasteiger partial charge on any atom is 0.514 e. The number of nitrogens with one attached hydrogen (secondary N) is 4. The molecule has 0 aromatic heterocycles. The molecule has 0 fully saturated rings. The van der Waals surface area contributed by atoms with Gasteiger partial charge < -0.3 is 45.4 Å². The lowest BCUT2D eigenvalue weighted by molar-refractivity contribution is -0.384. The number of hydrogen-bond donors (Lipinski definition) is 5. The zero-order valence-corrected chi connectivity index (χ0v) is 34.2. The first-order chi connectivity index (χ1) is 27.6. The van der Waals surface area contributed by atoms with Crippen LogP contribution in [0.2, 0.25) is 0 Å². The normalized spacial score (nSPS) is 10.7. The zero-order valence-electron chi connectivity index (χ0n) is 34.2. The smallest absolute Gasteiger partial charge is 0.429 e. The summed E-state index contributed by atoms with van der Waals surface area (Å²) in [4.78, 5) is 90.9. The molecule has 2 unspecified atom stereocenters. The minimum absolute atomic E-state index is 0.0250. The molecule has 0 heterocycles. The number of Topliss-reactive ketones (excluding diaryl/α,β-unsaturated/α-hetero) is 4. The first-order valence-electron chi connectivity index (χ1n) is 18.6. The molecular weight excluding hydrogens is 754 g/mol. The third-order valence-corrected chi connectivity index (χ3v) is 7.37. The van der Waals surface area contributed by atoms with Crippen molar-refractivity contribution in [1.29, 1.82) is 0 Å². The number of carbonyl (C=O) groups excluding carboxylic acids is 7. The number of nitro groups is 1. The van der Waals surface area contributed by atoms with E-state index in [4.69, 9.17) is 14.6 Å². The van der Waals surface area contributed by atoms with Gasteiger partial charge in [-0.15, -0.1) is 0 Å². The summed E-state index contributed by atoms with van der Waals surface area (Å²) in [5, 5.41) is 29.8. The standard InChI is InChI=1S/C22H23N3O8.C15H20N2O4.2C2H6/c1-14(26)3-12-20(15(2)27)24-21(28)23-17-6-4-16(5-7-17)13-32-22(29)33-19-10-8-18(9-11-19)25(30)31;1-10(19)3-8-14(11(2)20)17-15(21)16-13-6-4-12(9-18)5-7-13;2*1-2/h4-11,20H,3,12-13H2,1-2H3,(H2,23,24,28);4-7,14,18H,3,8-9H2,1-2H3,(H2,16,17,21);2*1-2H3. The number of aliphatic hydroxyl groups excluding tert-OH is 1. The van der Waals surface area contributed by atoms with Crippen LogP contribution in [-0.4, -0.2) is 63.5 Å². The van der Waals surface area contributed by atoms with Gasteiger partial charge in [0.15, 0.2) is 11.6 Å². The van der Waals surface area contributed by atoms with Crippen LogP contribution in [0.4, 0.5) is 31.4 Å². The van der Waals surface area contributed by atoms with Crippen molar-refractivity contribution in [2.75, 3.05) is 10.6 Å².